The van der Waals surface area contributed by atoms with Crippen molar-refractivity contribution in [3.63, 3.8) is 0 Å². The minimum atomic E-state index is -0.170. The van der Waals surface area contributed by atoms with Gasteiger partial charge in [0, 0.05) is 51.2 Å². The van der Waals surface area contributed by atoms with Crippen LogP contribution in [0.2, 0.25) is 0 Å². The lowest BCUT2D eigenvalue weighted by Crippen LogP contribution is -2.31. The molecule has 6 nitrogen and oxygen atoms in total. The Morgan fingerprint density at radius 1 is 0.460 bits per heavy atom. The van der Waals surface area contributed by atoms with E-state index in [0.29, 0.717) is 5.75 Å². The quantitative estimate of drug-likeness (QED) is 0.163. The summed E-state index contributed by atoms with van der Waals surface area (Å²) in [6, 6.07) is 68.6. The second kappa shape index (κ2) is 14.3. The van der Waals surface area contributed by atoms with Crippen LogP contribution < -0.4 is 9.30 Å². The van der Waals surface area contributed by atoms with Gasteiger partial charge in [-0.05, 0) is 64.6 Å². The standard InChI is InChI=1S/C57H42N5O/c1-57(2,3)39-31-49-44-22-11-10-21-43(44)47-25-16-24-42(37-17-6-4-7-18-37)56(47)61-36-60(51-27-14-15-28-52(51)61)54-35-41(33-48(58-54)38-19-8-5-9-20-38)63-40-29-30-46-45-23-12-13-26-50(45)62(53(46)34-40)55(32-39)59-49/h4-36H,1-3H3/q+1. The van der Waals surface area contributed by atoms with Crippen LogP contribution in [0.4, 0.5) is 0 Å². The second-order valence-corrected chi connectivity index (χ2v) is 17.4. The van der Waals surface area contributed by atoms with Crippen LogP contribution in [-0.4, -0.2) is 19.1 Å². The third kappa shape index (κ3) is 6.13. The topological polar surface area (TPSA) is 48.8 Å². The van der Waals surface area contributed by atoms with Gasteiger partial charge in [-0.25, -0.2) is 9.97 Å². The van der Waals surface area contributed by atoms with E-state index in [-0.39, 0.29) is 5.41 Å². The first-order valence-electron chi connectivity index (χ1n) is 21.5. The van der Waals surface area contributed by atoms with Gasteiger partial charge in [-0.1, -0.05) is 154 Å². The van der Waals surface area contributed by atoms with Gasteiger partial charge in [-0.2, -0.15) is 9.13 Å². The summed E-state index contributed by atoms with van der Waals surface area (Å²) in [6.07, 6.45) is 2.18. The summed E-state index contributed by atoms with van der Waals surface area (Å²) < 4.78 is 13.8. The Bertz CT molecular complexity index is 3580. The zero-order valence-electron chi connectivity index (χ0n) is 35.2. The van der Waals surface area contributed by atoms with Crippen LogP contribution in [0.5, 0.6) is 11.5 Å². The molecular weight excluding hydrogens is 771 g/mol. The van der Waals surface area contributed by atoms with Crippen LogP contribution in [0, 0.1) is 0 Å². The second-order valence-electron chi connectivity index (χ2n) is 17.4. The number of hydrogen-bond acceptors (Lipinski definition) is 3. The van der Waals surface area contributed by atoms with Gasteiger partial charge in [0.1, 0.15) is 23.0 Å². The van der Waals surface area contributed by atoms with Crippen LogP contribution in [0.15, 0.2) is 200 Å². The molecule has 300 valence electrons. The summed E-state index contributed by atoms with van der Waals surface area (Å²) in [5.41, 5.74) is 14.4. The first-order chi connectivity index (χ1) is 30.9. The summed E-state index contributed by atoms with van der Waals surface area (Å²) in [5, 5.41) is 2.28. The molecule has 0 saturated carbocycles. The highest BCUT2D eigenvalue weighted by Crippen LogP contribution is 2.42. The van der Waals surface area contributed by atoms with E-state index < -0.39 is 0 Å². The van der Waals surface area contributed by atoms with E-state index in [1.54, 1.807) is 0 Å². The zero-order chi connectivity index (χ0) is 42.2. The normalized spacial score (nSPS) is 12.2. The number of rotatable bonds is 2. The van der Waals surface area contributed by atoms with Crippen LogP contribution >= 0.6 is 0 Å². The van der Waals surface area contributed by atoms with Gasteiger partial charge in [0.25, 0.3) is 6.33 Å². The Morgan fingerprint density at radius 3 is 1.92 bits per heavy atom. The van der Waals surface area contributed by atoms with Crippen molar-refractivity contribution >= 4 is 32.8 Å². The lowest BCUT2D eigenvalue weighted by atomic mass is 9.85. The number of fused-ring (bicyclic) bond motifs is 20. The zero-order valence-corrected chi connectivity index (χ0v) is 35.2. The Hall–Kier alpha value is -8.09. The third-order valence-corrected chi connectivity index (χ3v) is 12.4. The average Bonchev–Trinajstić information content (AvgIpc) is 3.87. The Labute approximate surface area is 365 Å². The fourth-order valence-electron chi connectivity index (χ4n) is 9.31. The minimum Gasteiger partial charge on any atom is -0.457 e. The predicted molar refractivity (Wildman–Crippen MR) is 255 cm³/mol. The number of nitrogens with zero attached hydrogens (tertiary/aromatic N) is 5. The summed E-state index contributed by atoms with van der Waals surface area (Å²) in [6.45, 7) is 6.83. The average molecular weight is 813 g/mol. The Balaban J connectivity index is 1.25. The van der Waals surface area contributed by atoms with Crippen LogP contribution in [-0.2, 0) is 5.41 Å². The molecule has 7 aromatic carbocycles. The SMILES string of the molecule is CC(C)(C)c1cc2nc(c1)-n1c3ccccc3c3ccc(cc31)Oc1cc(-c3ccccc3)nc(c1)-n1c[n+](c3ccccc31)-c1c(-c3ccccc3)cccc1-c1ccccc1-2. The highest BCUT2D eigenvalue weighted by atomic mass is 16.5. The molecule has 0 spiro atoms. The maximum absolute atomic E-state index is 6.96. The van der Waals surface area contributed by atoms with Gasteiger partial charge < -0.3 is 4.74 Å². The molecular formula is C57H42N5O+. The number of imidazole rings is 1. The van der Waals surface area contributed by atoms with Gasteiger partial charge in [0.2, 0.25) is 5.82 Å². The molecule has 0 amide bonds. The molecule has 0 atom stereocenters. The number of para-hydroxylation sites is 4. The van der Waals surface area contributed by atoms with Crippen LogP contribution in [0.3, 0.4) is 0 Å². The monoisotopic (exact) mass is 812 g/mol. The van der Waals surface area contributed by atoms with Crippen molar-refractivity contribution < 1.29 is 9.30 Å². The fourth-order valence-corrected chi connectivity index (χ4v) is 9.31. The largest absolute Gasteiger partial charge is 0.457 e. The number of benzene rings is 7. The van der Waals surface area contributed by atoms with Crippen molar-refractivity contribution in [3.8, 4) is 73.6 Å². The van der Waals surface area contributed by atoms with Gasteiger partial charge in [-0.15, -0.1) is 0 Å². The molecule has 0 radical (unpaired) electrons. The lowest BCUT2D eigenvalue weighted by molar-refractivity contribution is -0.566. The summed E-state index contributed by atoms with van der Waals surface area (Å²) in [5.74, 6) is 2.99. The molecule has 5 heterocycles. The molecule has 11 aromatic rings. The predicted octanol–water partition coefficient (Wildman–Crippen LogP) is 13.9. The van der Waals surface area contributed by atoms with Gasteiger partial charge in [0.15, 0.2) is 11.0 Å². The molecule has 0 N–H and O–H groups in total. The first kappa shape index (κ1) is 36.7. The molecule has 0 fully saturated rings. The van der Waals surface area contributed by atoms with E-state index in [9.17, 15) is 0 Å². The highest BCUT2D eigenvalue weighted by Gasteiger charge is 2.28. The molecule has 1 aliphatic rings. The molecule has 4 aromatic heterocycles. The smallest absolute Gasteiger partial charge is 0.256 e. The van der Waals surface area contributed by atoms with Crippen molar-refractivity contribution in [2.75, 3.05) is 0 Å². The van der Waals surface area contributed by atoms with E-state index in [1.807, 2.05) is 30.3 Å². The van der Waals surface area contributed by atoms with E-state index in [0.717, 1.165) is 101 Å². The first-order valence-corrected chi connectivity index (χ1v) is 21.5. The van der Waals surface area contributed by atoms with E-state index in [1.165, 1.54) is 5.56 Å². The van der Waals surface area contributed by atoms with Crippen molar-refractivity contribution in [2.24, 2.45) is 0 Å². The Kier molecular flexibility index (Phi) is 8.31. The molecule has 0 unspecified atom stereocenters. The molecule has 1 aliphatic heterocycles. The number of pyridine rings is 2. The molecule has 12 rings (SSSR count). The van der Waals surface area contributed by atoms with E-state index in [2.05, 4.69) is 205 Å². The van der Waals surface area contributed by atoms with Gasteiger partial charge in [0.05, 0.1) is 22.4 Å². The summed E-state index contributed by atoms with van der Waals surface area (Å²) >= 11 is 0. The van der Waals surface area contributed by atoms with Crippen molar-refractivity contribution in [2.45, 2.75) is 26.2 Å². The number of ether oxygens (including phenoxy) is 1. The molecule has 63 heavy (non-hydrogen) atoms. The van der Waals surface area contributed by atoms with Crippen LogP contribution in [0.1, 0.15) is 26.3 Å². The van der Waals surface area contributed by atoms with Crippen LogP contribution in [0.25, 0.3) is 94.9 Å². The van der Waals surface area contributed by atoms with E-state index >= 15 is 0 Å². The third-order valence-electron chi connectivity index (χ3n) is 12.4. The maximum atomic E-state index is 6.96. The van der Waals surface area contributed by atoms with Crippen molar-refractivity contribution in [1.29, 1.82) is 0 Å². The minimum absolute atomic E-state index is 0.170. The molecule has 0 aliphatic carbocycles. The van der Waals surface area contributed by atoms with E-state index in [4.69, 9.17) is 14.7 Å². The molecule has 0 saturated heterocycles. The maximum Gasteiger partial charge on any atom is 0.256 e. The van der Waals surface area contributed by atoms with Gasteiger partial charge in [-0.3, -0.25) is 4.57 Å². The summed E-state index contributed by atoms with van der Waals surface area (Å²) in [7, 11) is 0. The molecule has 6 heteroatoms. The summed E-state index contributed by atoms with van der Waals surface area (Å²) in [4.78, 5) is 11.0. The number of aromatic nitrogens is 5. The fraction of sp³-hybridized carbons (Fsp3) is 0.0702. The molecule has 8 bridgehead atoms. The highest BCUT2D eigenvalue weighted by molar-refractivity contribution is 6.09. The van der Waals surface area contributed by atoms with Crippen molar-refractivity contribution in [1.82, 2.24) is 19.1 Å². The lowest BCUT2D eigenvalue weighted by Gasteiger charge is -2.22. The van der Waals surface area contributed by atoms with Crippen molar-refractivity contribution in [3.05, 3.63) is 206 Å². The van der Waals surface area contributed by atoms with Gasteiger partial charge >= 0.3 is 0 Å². The number of hydrogen-bond donors (Lipinski definition) is 0. The Morgan fingerprint density at radius 2 is 1.11 bits per heavy atom.